The van der Waals surface area contributed by atoms with Crippen molar-refractivity contribution in [2.24, 2.45) is 0 Å². The summed E-state index contributed by atoms with van der Waals surface area (Å²) in [5.41, 5.74) is 0.893. The number of hydrogen-bond acceptors (Lipinski definition) is 3. The third-order valence-electron chi connectivity index (χ3n) is 2.64. The van der Waals surface area contributed by atoms with Crippen molar-refractivity contribution in [2.75, 3.05) is 20.2 Å². The number of methoxy groups -OCH3 is 1. The smallest absolute Gasteiger partial charge is 0.327 e. The minimum atomic E-state index is -0.460. The van der Waals surface area contributed by atoms with Crippen molar-refractivity contribution < 1.29 is 9.53 Å². The van der Waals surface area contributed by atoms with Crippen LogP contribution < -0.4 is 0 Å². The van der Waals surface area contributed by atoms with Crippen LogP contribution in [0.2, 0.25) is 0 Å². The van der Waals surface area contributed by atoms with E-state index in [9.17, 15) is 4.79 Å². The number of ether oxygens (including phenoxy) is 1. The first-order valence-corrected chi connectivity index (χ1v) is 6.70. The van der Waals surface area contributed by atoms with Crippen LogP contribution in [0.3, 0.4) is 0 Å². The minimum Gasteiger partial charge on any atom is -0.468 e. The van der Waals surface area contributed by atoms with Gasteiger partial charge < -0.3 is 4.74 Å². The number of rotatable bonds is 7. The third-order valence-corrected chi connectivity index (χ3v) is 2.89. The molecule has 102 valence electrons. The summed E-state index contributed by atoms with van der Waals surface area (Å²) >= 11 is 3.33. The maximum absolute atomic E-state index is 12.1. The summed E-state index contributed by atoms with van der Waals surface area (Å²) in [6, 6.07) is 9.08. The van der Waals surface area contributed by atoms with E-state index in [4.69, 9.17) is 4.74 Å². The Balaban J connectivity index is 3.09. The van der Waals surface area contributed by atoms with Crippen LogP contribution in [0.4, 0.5) is 0 Å². The zero-order valence-corrected chi connectivity index (χ0v) is 12.6. The van der Waals surface area contributed by atoms with Crippen molar-refractivity contribution in [2.45, 2.75) is 6.04 Å². The van der Waals surface area contributed by atoms with E-state index in [1.54, 1.807) is 6.08 Å². The Kier molecular flexibility index (Phi) is 6.53. The van der Waals surface area contributed by atoms with Gasteiger partial charge in [0.15, 0.2) is 0 Å². The number of carbonyl (C=O) groups is 1. The van der Waals surface area contributed by atoms with Gasteiger partial charge in [0.1, 0.15) is 6.04 Å². The van der Waals surface area contributed by atoms with E-state index in [1.807, 2.05) is 35.2 Å². The lowest BCUT2D eigenvalue weighted by atomic mass is 10.1. The highest BCUT2D eigenvalue weighted by atomic mass is 79.9. The average molecular weight is 324 g/mol. The Morgan fingerprint density at radius 1 is 1.47 bits per heavy atom. The summed E-state index contributed by atoms with van der Waals surface area (Å²) < 4.78 is 5.72. The number of nitrogens with zero attached hydrogens (tertiary/aromatic N) is 1. The zero-order chi connectivity index (χ0) is 14.3. The number of esters is 1. The maximum atomic E-state index is 12.1. The van der Waals surface area contributed by atoms with Crippen LogP contribution in [0.1, 0.15) is 11.6 Å². The van der Waals surface area contributed by atoms with Crippen LogP contribution in [-0.4, -0.2) is 31.1 Å². The van der Waals surface area contributed by atoms with Gasteiger partial charge in [0.25, 0.3) is 0 Å². The van der Waals surface area contributed by atoms with Gasteiger partial charge in [-0.3, -0.25) is 4.90 Å². The quantitative estimate of drug-likeness (QED) is 0.569. The number of hydrogen-bond donors (Lipinski definition) is 0. The molecule has 1 atom stereocenters. The van der Waals surface area contributed by atoms with Crippen LogP contribution >= 0.6 is 15.9 Å². The lowest BCUT2D eigenvalue weighted by Crippen LogP contribution is -2.35. The molecule has 0 aliphatic carbocycles. The van der Waals surface area contributed by atoms with Crippen LogP contribution in [0, 0.1) is 0 Å². The number of benzene rings is 1. The molecule has 0 bridgehead atoms. The van der Waals surface area contributed by atoms with Crippen LogP contribution in [0.25, 0.3) is 0 Å². The van der Waals surface area contributed by atoms with Gasteiger partial charge >= 0.3 is 5.97 Å². The van der Waals surface area contributed by atoms with Crippen molar-refractivity contribution in [3.8, 4) is 0 Å². The predicted molar refractivity (Wildman–Crippen MR) is 81.0 cm³/mol. The standard InChI is InChI=1S/C15H18BrNO2/c1-4-10-17(11-12(2)16)14(15(18)19-3)13-8-6-5-7-9-13/h4-9,14H,1-2,10-11H2,3H3/t14-/m1/s1. The summed E-state index contributed by atoms with van der Waals surface area (Å²) in [6.45, 7) is 8.67. The van der Waals surface area contributed by atoms with E-state index in [0.29, 0.717) is 13.1 Å². The molecule has 0 N–H and O–H groups in total. The first kappa shape index (κ1) is 15.7. The molecule has 1 aromatic rings. The highest BCUT2D eigenvalue weighted by Crippen LogP contribution is 2.23. The van der Waals surface area contributed by atoms with Gasteiger partial charge in [0, 0.05) is 17.6 Å². The van der Waals surface area contributed by atoms with Gasteiger partial charge in [-0.2, -0.15) is 0 Å². The molecule has 1 aromatic carbocycles. The van der Waals surface area contributed by atoms with Crippen molar-refractivity contribution in [1.29, 1.82) is 0 Å². The lowest BCUT2D eigenvalue weighted by molar-refractivity contribution is -0.146. The van der Waals surface area contributed by atoms with Crippen molar-refractivity contribution >= 4 is 21.9 Å². The van der Waals surface area contributed by atoms with E-state index < -0.39 is 6.04 Å². The summed E-state index contributed by atoms with van der Waals surface area (Å²) in [6.07, 6.45) is 1.76. The summed E-state index contributed by atoms with van der Waals surface area (Å²) in [5.74, 6) is -0.290. The molecule has 3 nitrogen and oxygen atoms in total. The fourth-order valence-electron chi connectivity index (χ4n) is 1.89. The Labute approximate surface area is 122 Å². The molecule has 4 heteroatoms. The van der Waals surface area contributed by atoms with Crippen LogP contribution in [-0.2, 0) is 9.53 Å². The fraction of sp³-hybridized carbons (Fsp3) is 0.267. The zero-order valence-electron chi connectivity index (χ0n) is 11.0. The van der Waals surface area contributed by atoms with Gasteiger partial charge in [-0.1, -0.05) is 58.9 Å². The molecule has 0 aliphatic rings. The second-order valence-electron chi connectivity index (χ2n) is 4.07. The van der Waals surface area contributed by atoms with E-state index in [0.717, 1.165) is 10.0 Å². The minimum absolute atomic E-state index is 0.290. The average Bonchev–Trinajstić information content (AvgIpc) is 2.39. The fourth-order valence-corrected chi connectivity index (χ4v) is 2.21. The summed E-state index contributed by atoms with van der Waals surface area (Å²) in [5, 5.41) is 0. The van der Waals surface area contributed by atoms with Gasteiger partial charge in [0.2, 0.25) is 0 Å². The molecule has 0 aliphatic heterocycles. The second kappa shape index (κ2) is 7.92. The Morgan fingerprint density at radius 3 is 2.58 bits per heavy atom. The first-order valence-electron chi connectivity index (χ1n) is 5.91. The molecule has 0 fully saturated rings. The second-order valence-corrected chi connectivity index (χ2v) is 5.19. The van der Waals surface area contributed by atoms with Crippen molar-refractivity contribution in [3.05, 3.63) is 59.6 Å². The molecule has 0 spiro atoms. The third kappa shape index (κ3) is 4.65. The first-order chi connectivity index (χ1) is 9.10. The van der Waals surface area contributed by atoms with E-state index in [1.165, 1.54) is 7.11 Å². The normalized spacial score (nSPS) is 11.9. The molecule has 19 heavy (non-hydrogen) atoms. The molecule has 0 heterocycles. The molecule has 0 amide bonds. The van der Waals surface area contributed by atoms with Gasteiger partial charge in [-0.05, 0) is 5.56 Å². The molecule has 1 rings (SSSR count). The summed E-state index contributed by atoms with van der Waals surface area (Å²) in [4.78, 5) is 14.0. The molecule has 0 saturated heterocycles. The van der Waals surface area contributed by atoms with Crippen molar-refractivity contribution in [3.63, 3.8) is 0 Å². The molecular formula is C15H18BrNO2. The molecule has 0 aromatic heterocycles. The Morgan fingerprint density at radius 2 is 2.11 bits per heavy atom. The highest BCUT2D eigenvalue weighted by molar-refractivity contribution is 9.11. The SMILES string of the molecule is C=CCN(CC(=C)Br)[C@@H](C(=O)OC)c1ccccc1. The Hall–Kier alpha value is -1.39. The Bertz CT molecular complexity index is 445. The molecular weight excluding hydrogens is 306 g/mol. The van der Waals surface area contributed by atoms with E-state index >= 15 is 0 Å². The topological polar surface area (TPSA) is 29.5 Å². The molecule has 0 saturated carbocycles. The molecule has 0 unspecified atom stereocenters. The largest absolute Gasteiger partial charge is 0.468 e. The van der Waals surface area contributed by atoms with Gasteiger partial charge in [-0.25, -0.2) is 4.79 Å². The lowest BCUT2D eigenvalue weighted by Gasteiger charge is -2.28. The van der Waals surface area contributed by atoms with E-state index in [-0.39, 0.29) is 5.97 Å². The highest BCUT2D eigenvalue weighted by Gasteiger charge is 2.27. The number of halogens is 1. The molecule has 0 radical (unpaired) electrons. The van der Waals surface area contributed by atoms with Gasteiger partial charge in [-0.15, -0.1) is 6.58 Å². The summed E-state index contributed by atoms with van der Waals surface area (Å²) in [7, 11) is 1.40. The monoisotopic (exact) mass is 323 g/mol. The maximum Gasteiger partial charge on any atom is 0.327 e. The van der Waals surface area contributed by atoms with Crippen LogP contribution in [0.5, 0.6) is 0 Å². The van der Waals surface area contributed by atoms with Gasteiger partial charge in [0.05, 0.1) is 7.11 Å². The predicted octanol–water partition coefficient (Wildman–Crippen LogP) is 3.30. The van der Waals surface area contributed by atoms with Crippen molar-refractivity contribution in [1.82, 2.24) is 4.90 Å². The van der Waals surface area contributed by atoms with Crippen LogP contribution in [0.15, 0.2) is 54.0 Å². The number of carbonyl (C=O) groups excluding carboxylic acids is 1. The van der Waals surface area contributed by atoms with E-state index in [2.05, 4.69) is 29.1 Å².